The van der Waals surface area contributed by atoms with Gasteiger partial charge in [-0.2, -0.15) is 0 Å². The summed E-state index contributed by atoms with van der Waals surface area (Å²) in [7, 11) is 0. The van der Waals surface area contributed by atoms with E-state index in [0.29, 0.717) is 0 Å². The van der Waals surface area contributed by atoms with Crippen molar-refractivity contribution in [2.45, 2.75) is 39.0 Å². The van der Waals surface area contributed by atoms with Gasteiger partial charge in [0.05, 0.1) is 5.69 Å². The van der Waals surface area contributed by atoms with Crippen molar-refractivity contribution in [3.63, 3.8) is 0 Å². The first-order valence-electron chi connectivity index (χ1n) is 7.04. The monoisotopic (exact) mass is 268 g/mol. The quantitative estimate of drug-likeness (QED) is 0.925. The molecule has 0 fully saturated rings. The first-order chi connectivity index (χ1) is 9.62. The summed E-state index contributed by atoms with van der Waals surface area (Å²) in [5.74, 6) is 1.03. The molecule has 0 unspecified atom stereocenters. The Bertz CT molecular complexity index is 593. The van der Waals surface area contributed by atoms with Crippen LogP contribution in [0, 0.1) is 0 Å². The van der Waals surface area contributed by atoms with E-state index in [4.69, 9.17) is 4.74 Å². The zero-order valence-corrected chi connectivity index (χ0v) is 12.0. The molecule has 1 N–H and O–H groups in total. The van der Waals surface area contributed by atoms with Gasteiger partial charge < -0.3 is 10.1 Å². The molecule has 1 aliphatic heterocycles. The number of nitrogens with zero attached hydrogens (tertiary/aromatic N) is 1. The number of fused-ring (bicyclic) bond motifs is 1. The van der Waals surface area contributed by atoms with Gasteiger partial charge in [-0.1, -0.05) is 18.2 Å². The number of nitrogens with one attached hydrogen (secondary N) is 1. The second-order valence-corrected chi connectivity index (χ2v) is 5.91. The van der Waals surface area contributed by atoms with Crippen LogP contribution in [0.25, 0.3) is 0 Å². The molecule has 0 bridgehead atoms. The number of rotatable bonds is 4. The third-order valence-corrected chi connectivity index (χ3v) is 3.49. The molecule has 0 saturated heterocycles. The Kier molecular flexibility index (Phi) is 3.45. The van der Waals surface area contributed by atoms with Crippen LogP contribution in [0.4, 0.5) is 0 Å². The fraction of sp³-hybridized carbons (Fsp3) is 0.353. The third kappa shape index (κ3) is 2.99. The fourth-order valence-corrected chi connectivity index (χ4v) is 2.61. The van der Waals surface area contributed by atoms with Crippen LogP contribution in [0.1, 0.15) is 30.7 Å². The topological polar surface area (TPSA) is 34.2 Å². The van der Waals surface area contributed by atoms with Crippen LogP contribution < -0.4 is 10.1 Å². The highest BCUT2D eigenvalue weighted by Gasteiger charge is 2.29. The summed E-state index contributed by atoms with van der Waals surface area (Å²) in [5, 5.41) is 3.43. The molecule has 0 radical (unpaired) electrons. The zero-order chi connectivity index (χ0) is 14.0. The predicted molar refractivity (Wildman–Crippen MR) is 79.6 cm³/mol. The van der Waals surface area contributed by atoms with E-state index in [0.717, 1.165) is 31.0 Å². The number of ether oxygens (including phenoxy) is 1. The number of aromatic nitrogens is 1. The van der Waals surface area contributed by atoms with Crippen molar-refractivity contribution in [3.8, 4) is 5.75 Å². The Morgan fingerprint density at radius 3 is 2.90 bits per heavy atom. The summed E-state index contributed by atoms with van der Waals surface area (Å²) in [6.07, 6.45) is 2.81. The van der Waals surface area contributed by atoms with Crippen LogP contribution in [0.15, 0.2) is 42.6 Å². The summed E-state index contributed by atoms with van der Waals surface area (Å²) < 4.78 is 5.89. The lowest BCUT2D eigenvalue weighted by Gasteiger charge is -2.16. The molecule has 3 heteroatoms. The zero-order valence-electron chi connectivity index (χ0n) is 12.0. The molecule has 2 heterocycles. The van der Waals surface area contributed by atoms with Crippen molar-refractivity contribution in [3.05, 3.63) is 59.4 Å². The van der Waals surface area contributed by atoms with E-state index in [1.807, 2.05) is 24.4 Å². The van der Waals surface area contributed by atoms with Gasteiger partial charge in [0.25, 0.3) is 0 Å². The average molecular weight is 268 g/mol. The smallest absolute Gasteiger partial charge is 0.123 e. The highest BCUT2D eigenvalue weighted by molar-refractivity contribution is 5.41. The van der Waals surface area contributed by atoms with Crippen LogP contribution in [-0.2, 0) is 19.5 Å². The van der Waals surface area contributed by atoms with Crippen LogP contribution in [0.3, 0.4) is 0 Å². The lowest BCUT2D eigenvalue weighted by molar-refractivity contribution is 0.138. The first kappa shape index (κ1) is 13.1. The standard InChI is InChI=1S/C17H20N2O/c1-17(2)10-14-9-13(6-7-16(14)20-17)11-18-12-15-5-3-4-8-19-15/h3-9,18H,10-12H2,1-2H3. The van der Waals surface area contributed by atoms with Gasteiger partial charge in [-0.25, -0.2) is 0 Å². The summed E-state index contributed by atoms with van der Waals surface area (Å²) in [4.78, 5) is 4.30. The number of pyridine rings is 1. The van der Waals surface area contributed by atoms with Crippen molar-refractivity contribution < 1.29 is 4.74 Å². The second-order valence-electron chi connectivity index (χ2n) is 5.91. The SMILES string of the molecule is CC1(C)Cc2cc(CNCc3ccccn3)ccc2O1. The summed E-state index contributed by atoms with van der Waals surface area (Å²) in [6, 6.07) is 12.4. The molecule has 0 amide bonds. The van der Waals surface area contributed by atoms with E-state index >= 15 is 0 Å². The minimum atomic E-state index is -0.0671. The second kappa shape index (κ2) is 5.25. The van der Waals surface area contributed by atoms with Crippen molar-refractivity contribution in [1.82, 2.24) is 10.3 Å². The molecule has 0 aliphatic carbocycles. The molecule has 0 spiro atoms. The molecular formula is C17H20N2O. The van der Waals surface area contributed by atoms with Gasteiger partial charge in [-0.05, 0) is 43.2 Å². The minimum Gasteiger partial charge on any atom is -0.487 e. The maximum absolute atomic E-state index is 5.89. The first-order valence-corrected chi connectivity index (χ1v) is 7.04. The van der Waals surface area contributed by atoms with E-state index in [9.17, 15) is 0 Å². The average Bonchev–Trinajstić information content (AvgIpc) is 2.73. The predicted octanol–water partition coefficient (Wildman–Crippen LogP) is 3.08. The molecule has 0 atom stereocenters. The lowest BCUT2D eigenvalue weighted by Crippen LogP contribution is -2.24. The maximum Gasteiger partial charge on any atom is 0.123 e. The molecular weight excluding hydrogens is 248 g/mol. The van der Waals surface area contributed by atoms with Gasteiger partial charge in [0.1, 0.15) is 11.4 Å². The lowest BCUT2D eigenvalue weighted by atomic mass is 10.0. The molecule has 0 saturated carbocycles. The van der Waals surface area contributed by atoms with Crippen molar-refractivity contribution >= 4 is 0 Å². The van der Waals surface area contributed by atoms with Gasteiger partial charge in [0.2, 0.25) is 0 Å². The molecule has 2 aromatic rings. The molecule has 3 nitrogen and oxygen atoms in total. The Labute approximate surface area is 120 Å². The van der Waals surface area contributed by atoms with Crippen LogP contribution in [0.5, 0.6) is 5.75 Å². The summed E-state index contributed by atoms with van der Waals surface area (Å²) in [5.41, 5.74) is 3.61. The Morgan fingerprint density at radius 2 is 2.10 bits per heavy atom. The van der Waals surface area contributed by atoms with Gasteiger partial charge in [0.15, 0.2) is 0 Å². The Balaban J connectivity index is 1.60. The molecule has 1 aliphatic rings. The minimum absolute atomic E-state index is 0.0671. The number of hydrogen-bond acceptors (Lipinski definition) is 3. The van der Waals surface area contributed by atoms with E-state index in [1.54, 1.807) is 0 Å². The Morgan fingerprint density at radius 1 is 1.20 bits per heavy atom. The molecule has 104 valence electrons. The summed E-state index contributed by atoms with van der Waals surface area (Å²) in [6.45, 7) is 5.90. The Hall–Kier alpha value is -1.87. The fourth-order valence-electron chi connectivity index (χ4n) is 2.61. The van der Waals surface area contributed by atoms with Crippen LogP contribution >= 0.6 is 0 Å². The number of benzene rings is 1. The number of hydrogen-bond donors (Lipinski definition) is 1. The van der Waals surface area contributed by atoms with E-state index in [2.05, 4.69) is 42.3 Å². The van der Waals surface area contributed by atoms with Crippen molar-refractivity contribution in [2.75, 3.05) is 0 Å². The molecule has 1 aromatic heterocycles. The van der Waals surface area contributed by atoms with Crippen molar-refractivity contribution in [1.29, 1.82) is 0 Å². The highest BCUT2D eigenvalue weighted by atomic mass is 16.5. The van der Waals surface area contributed by atoms with E-state index in [-0.39, 0.29) is 5.60 Å². The van der Waals surface area contributed by atoms with Gasteiger partial charge in [-0.15, -0.1) is 0 Å². The molecule has 1 aromatic carbocycles. The van der Waals surface area contributed by atoms with Gasteiger partial charge in [-0.3, -0.25) is 4.98 Å². The van der Waals surface area contributed by atoms with E-state index < -0.39 is 0 Å². The van der Waals surface area contributed by atoms with Crippen LogP contribution in [-0.4, -0.2) is 10.6 Å². The third-order valence-electron chi connectivity index (χ3n) is 3.49. The van der Waals surface area contributed by atoms with E-state index in [1.165, 1.54) is 11.1 Å². The highest BCUT2D eigenvalue weighted by Crippen LogP contribution is 2.35. The maximum atomic E-state index is 5.89. The molecule has 20 heavy (non-hydrogen) atoms. The molecule has 3 rings (SSSR count). The normalized spacial score (nSPS) is 15.7. The van der Waals surface area contributed by atoms with Crippen molar-refractivity contribution in [2.24, 2.45) is 0 Å². The largest absolute Gasteiger partial charge is 0.487 e. The van der Waals surface area contributed by atoms with Gasteiger partial charge >= 0.3 is 0 Å². The van der Waals surface area contributed by atoms with Crippen LogP contribution in [0.2, 0.25) is 0 Å². The van der Waals surface area contributed by atoms with Gasteiger partial charge in [0, 0.05) is 25.7 Å². The summed E-state index contributed by atoms with van der Waals surface area (Å²) >= 11 is 0.